The summed E-state index contributed by atoms with van der Waals surface area (Å²) in [6, 6.07) is 5.93. The van der Waals surface area contributed by atoms with Gasteiger partial charge in [-0.2, -0.15) is 4.98 Å². The topological polar surface area (TPSA) is 71.5 Å². The molecule has 1 aromatic heterocycles. The first-order valence-electron chi connectivity index (χ1n) is 10.1. The van der Waals surface area contributed by atoms with Crippen LogP contribution in [0.15, 0.2) is 28.9 Å². The number of rotatable bonds is 6. The number of hydrogen-bond acceptors (Lipinski definition) is 7. The first kappa shape index (κ1) is 22.6. The number of likely N-dealkylation sites (tertiary alicyclic amines) is 1. The average Bonchev–Trinajstić information content (AvgIpc) is 2.68. The highest BCUT2D eigenvalue weighted by atomic mass is 79.9. The third-order valence-corrected chi connectivity index (χ3v) is 6.61. The Kier molecular flexibility index (Phi) is 6.48. The molecule has 0 atom stereocenters. The lowest BCUT2D eigenvalue weighted by atomic mass is 9.77. The van der Waals surface area contributed by atoms with Gasteiger partial charge in [0.1, 0.15) is 5.82 Å². The summed E-state index contributed by atoms with van der Waals surface area (Å²) >= 11 is 3.59. The Morgan fingerprint density at radius 1 is 1.07 bits per heavy atom. The van der Waals surface area contributed by atoms with E-state index in [9.17, 15) is 0 Å². The molecule has 1 aliphatic rings. The lowest BCUT2D eigenvalue weighted by molar-refractivity contribution is -0.00773. The van der Waals surface area contributed by atoms with Gasteiger partial charge < -0.3 is 20.1 Å². The Hall–Kier alpha value is -2.06. The highest BCUT2D eigenvalue weighted by molar-refractivity contribution is 9.10. The Morgan fingerprint density at radius 3 is 2.30 bits per heavy atom. The van der Waals surface area contributed by atoms with Gasteiger partial charge >= 0.3 is 0 Å². The van der Waals surface area contributed by atoms with Crippen LogP contribution in [-0.2, 0) is 0 Å². The molecule has 1 fully saturated rings. The quantitative estimate of drug-likeness (QED) is 0.601. The van der Waals surface area contributed by atoms with Crippen LogP contribution < -0.4 is 20.1 Å². The molecule has 0 amide bonds. The number of hydrogen-bond donors (Lipinski definition) is 2. The molecule has 1 aliphatic heterocycles. The average molecular weight is 478 g/mol. The van der Waals surface area contributed by atoms with Gasteiger partial charge in [0, 0.05) is 35.1 Å². The Labute approximate surface area is 187 Å². The van der Waals surface area contributed by atoms with Gasteiger partial charge in [-0.25, -0.2) is 4.98 Å². The number of ether oxygens (including phenoxy) is 2. The molecule has 2 aromatic rings. The molecule has 2 N–H and O–H groups in total. The second-order valence-electron chi connectivity index (χ2n) is 9.02. The summed E-state index contributed by atoms with van der Waals surface area (Å²) < 4.78 is 11.5. The van der Waals surface area contributed by atoms with E-state index in [0.29, 0.717) is 23.5 Å². The number of anilines is 3. The molecule has 0 unspecified atom stereocenters. The van der Waals surface area contributed by atoms with Gasteiger partial charge in [0.25, 0.3) is 0 Å². The minimum atomic E-state index is 0.0969. The number of aromatic nitrogens is 2. The molecule has 0 bridgehead atoms. The molecule has 1 aromatic carbocycles. The monoisotopic (exact) mass is 477 g/mol. The first-order valence-corrected chi connectivity index (χ1v) is 10.9. The van der Waals surface area contributed by atoms with Gasteiger partial charge in [-0.15, -0.1) is 0 Å². The Balaban J connectivity index is 1.79. The van der Waals surface area contributed by atoms with Crippen LogP contribution in [-0.4, -0.2) is 53.3 Å². The van der Waals surface area contributed by atoms with E-state index in [1.807, 2.05) is 18.2 Å². The normalized spacial score (nSPS) is 18.7. The van der Waals surface area contributed by atoms with E-state index in [1.54, 1.807) is 20.4 Å². The third-order valence-electron chi connectivity index (χ3n) is 6.03. The van der Waals surface area contributed by atoms with Crippen molar-refractivity contribution < 1.29 is 9.47 Å². The SMILES string of the molecule is COc1ccc(Nc2ncc(Br)c(NC3CC(C)(C)N(C)C(C)(C)C3)n2)cc1OC. The van der Waals surface area contributed by atoms with Crippen molar-refractivity contribution in [2.75, 3.05) is 31.9 Å². The van der Waals surface area contributed by atoms with E-state index in [2.05, 4.69) is 71.2 Å². The number of piperidine rings is 1. The van der Waals surface area contributed by atoms with Crippen molar-refractivity contribution in [3.8, 4) is 11.5 Å². The summed E-state index contributed by atoms with van der Waals surface area (Å²) in [7, 11) is 5.44. The van der Waals surface area contributed by atoms with Crippen LogP contribution in [0.25, 0.3) is 0 Å². The molecule has 7 nitrogen and oxygen atoms in total. The van der Waals surface area contributed by atoms with E-state index in [0.717, 1.165) is 28.8 Å². The molecular formula is C22H32BrN5O2. The van der Waals surface area contributed by atoms with Crippen LogP contribution >= 0.6 is 15.9 Å². The minimum Gasteiger partial charge on any atom is -0.493 e. The zero-order chi connectivity index (χ0) is 22.1. The van der Waals surface area contributed by atoms with Crippen LogP contribution in [0.5, 0.6) is 11.5 Å². The molecule has 0 saturated carbocycles. The summed E-state index contributed by atoms with van der Waals surface area (Å²) in [5, 5.41) is 6.89. The number of nitrogens with zero attached hydrogens (tertiary/aromatic N) is 3. The lowest BCUT2D eigenvalue weighted by Gasteiger charge is -2.53. The fraction of sp³-hybridized carbons (Fsp3) is 0.545. The summed E-state index contributed by atoms with van der Waals surface area (Å²) in [4.78, 5) is 11.6. The maximum Gasteiger partial charge on any atom is 0.229 e. The predicted octanol–water partition coefficient (Wildman–Crippen LogP) is 5.06. The molecule has 2 heterocycles. The summed E-state index contributed by atoms with van der Waals surface area (Å²) in [6.07, 6.45) is 3.83. The fourth-order valence-corrected chi connectivity index (χ4v) is 4.54. The maximum atomic E-state index is 5.38. The van der Waals surface area contributed by atoms with E-state index in [1.165, 1.54) is 0 Å². The van der Waals surface area contributed by atoms with E-state index in [-0.39, 0.29) is 11.1 Å². The van der Waals surface area contributed by atoms with Crippen LogP contribution in [0, 0.1) is 0 Å². The Bertz CT molecular complexity index is 885. The van der Waals surface area contributed by atoms with Crippen LogP contribution in [0.4, 0.5) is 17.5 Å². The largest absolute Gasteiger partial charge is 0.493 e. The maximum absolute atomic E-state index is 5.38. The standard InChI is InChI=1S/C22H32BrN5O2/c1-21(2)11-15(12-22(3,4)28(21)5)25-19-16(23)13-24-20(27-19)26-14-8-9-17(29-6)18(10-14)30-7/h8-10,13,15H,11-12H2,1-7H3,(H2,24,25,26,27). The molecule has 3 rings (SSSR count). The first-order chi connectivity index (χ1) is 14.1. The summed E-state index contributed by atoms with van der Waals surface area (Å²) in [6.45, 7) is 9.17. The second-order valence-corrected chi connectivity index (χ2v) is 9.87. The van der Waals surface area contributed by atoms with Crippen molar-refractivity contribution in [3.05, 3.63) is 28.9 Å². The lowest BCUT2D eigenvalue weighted by Crippen LogP contribution is -2.61. The van der Waals surface area contributed by atoms with Crippen molar-refractivity contribution in [1.29, 1.82) is 0 Å². The highest BCUT2D eigenvalue weighted by Crippen LogP contribution is 2.38. The zero-order valence-corrected chi connectivity index (χ0v) is 20.4. The molecule has 30 heavy (non-hydrogen) atoms. The molecule has 0 aliphatic carbocycles. The van der Waals surface area contributed by atoms with Gasteiger partial charge in [-0.05, 0) is 75.6 Å². The van der Waals surface area contributed by atoms with Gasteiger partial charge in [0.15, 0.2) is 11.5 Å². The zero-order valence-electron chi connectivity index (χ0n) is 18.8. The number of nitrogens with one attached hydrogen (secondary N) is 2. The predicted molar refractivity (Wildman–Crippen MR) is 125 cm³/mol. The summed E-state index contributed by atoms with van der Waals surface area (Å²) in [5.74, 6) is 2.62. The third kappa shape index (κ3) is 4.81. The highest BCUT2D eigenvalue weighted by Gasteiger charge is 2.43. The number of halogens is 1. The Morgan fingerprint density at radius 2 is 1.70 bits per heavy atom. The van der Waals surface area contributed by atoms with Crippen molar-refractivity contribution in [2.45, 2.75) is 57.7 Å². The molecule has 0 radical (unpaired) electrons. The second kappa shape index (κ2) is 8.59. The van der Waals surface area contributed by atoms with E-state index in [4.69, 9.17) is 14.5 Å². The molecular weight excluding hydrogens is 446 g/mol. The molecule has 1 saturated heterocycles. The fourth-order valence-electron chi connectivity index (χ4n) is 4.24. The van der Waals surface area contributed by atoms with E-state index < -0.39 is 0 Å². The van der Waals surface area contributed by atoms with Gasteiger partial charge in [0.2, 0.25) is 5.95 Å². The van der Waals surface area contributed by atoms with Crippen molar-refractivity contribution >= 4 is 33.4 Å². The van der Waals surface area contributed by atoms with Crippen LogP contribution in [0.1, 0.15) is 40.5 Å². The van der Waals surface area contributed by atoms with Gasteiger partial charge in [-0.1, -0.05) is 0 Å². The summed E-state index contributed by atoms with van der Waals surface area (Å²) in [5.41, 5.74) is 1.02. The van der Waals surface area contributed by atoms with Crippen LogP contribution in [0.3, 0.4) is 0 Å². The van der Waals surface area contributed by atoms with Crippen LogP contribution in [0.2, 0.25) is 0 Å². The van der Waals surface area contributed by atoms with Crippen molar-refractivity contribution in [3.63, 3.8) is 0 Å². The molecule has 8 heteroatoms. The minimum absolute atomic E-state index is 0.0969. The molecule has 0 spiro atoms. The van der Waals surface area contributed by atoms with Gasteiger partial charge in [0.05, 0.1) is 18.7 Å². The molecule has 164 valence electrons. The van der Waals surface area contributed by atoms with Crippen molar-refractivity contribution in [2.24, 2.45) is 0 Å². The number of methoxy groups -OCH3 is 2. The van der Waals surface area contributed by atoms with Gasteiger partial charge in [-0.3, -0.25) is 4.90 Å². The number of benzene rings is 1. The van der Waals surface area contributed by atoms with E-state index >= 15 is 0 Å². The van der Waals surface area contributed by atoms with Crippen molar-refractivity contribution in [1.82, 2.24) is 14.9 Å². The smallest absolute Gasteiger partial charge is 0.229 e.